The van der Waals surface area contributed by atoms with Crippen LogP contribution in [0.5, 0.6) is 5.75 Å². The molecule has 0 spiro atoms. The lowest BCUT2D eigenvalue weighted by molar-refractivity contribution is -0.113. The van der Waals surface area contributed by atoms with E-state index < -0.39 is 41.0 Å². The lowest BCUT2D eigenvalue weighted by Gasteiger charge is -2.27. The highest BCUT2D eigenvalue weighted by Crippen LogP contribution is 2.30. The molecular formula is C33H31ClF4N2O3. The summed E-state index contributed by atoms with van der Waals surface area (Å²) in [7, 11) is 0. The molecule has 0 heterocycles. The molecule has 4 rings (SSSR count). The minimum Gasteiger partial charge on any atom is -0.491 e. The molecular weight excluding hydrogens is 584 g/mol. The van der Waals surface area contributed by atoms with Crippen LogP contribution in [0.3, 0.4) is 0 Å². The summed E-state index contributed by atoms with van der Waals surface area (Å²) in [5.41, 5.74) is 1.24. The van der Waals surface area contributed by atoms with Crippen LogP contribution in [0.25, 0.3) is 12.2 Å². The molecule has 0 atom stereocenters. The number of rotatable bonds is 10. The highest BCUT2D eigenvalue weighted by Gasteiger charge is 2.29. The number of carbonyl (C=O) groups is 2. The van der Waals surface area contributed by atoms with Crippen LogP contribution in [0.1, 0.15) is 48.2 Å². The number of likely N-dealkylation sites (N-methyl/N-ethyl adjacent to an activating group) is 1. The molecule has 1 saturated carbocycles. The second kappa shape index (κ2) is 14.5. The molecule has 1 fully saturated rings. The van der Waals surface area contributed by atoms with E-state index in [1.807, 2.05) is 0 Å². The maximum Gasteiger partial charge on any atom is 0.251 e. The number of amides is 1. The highest BCUT2D eigenvalue weighted by molar-refractivity contribution is 6.32. The molecule has 0 aromatic heterocycles. The molecule has 1 aliphatic carbocycles. The van der Waals surface area contributed by atoms with Gasteiger partial charge in [0.05, 0.1) is 5.02 Å². The van der Waals surface area contributed by atoms with Gasteiger partial charge in [-0.3, -0.25) is 9.59 Å². The first-order chi connectivity index (χ1) is 20.6. The number of halogens is 5. The Morgan fingerprint density at radius 1 is 0.884 bits per heavy atom. The Morgan fingerprint density at radius 3 is 1.93 bits per heavy atom. The number of nitrogens with zero attached hydrogens (tertiary/aromatic N) is 1. The monoisotopic (exact) mass is 614 g/mol. The van der Waals surface area contributed by atoms with Crippen molar-refractivity contribution in [1.29, 1.82) is 0 Å². The van der Waals surface area contributed by atoms with Crippen LogP contribution in [0, 0.1) is 23.3 Å². The Kier molecular flexibility index (Phi) is 10.8. The second-order valence-electron chi connectivity index (χ2n) is 10.1. The molecule has 5 nitrogen and oxygen atoms in total. The molecule has 1 N–H and O–H groups in total. The van der Waals surface area contributed by atoms with Crippen LogP contribution in [0.4, 0.5) is 17.6 Å². The van der Waals surface area contributed by atoms with E-state index in [-0.39, 0.29) is 45.7 Å². The topological polar surface area (TPSA) is 58.6 Å². The van der Waals surface area contributed by atoms with E-state index in [1.54, 1.807) is 12.1 Å². The molecule has 1 amide bonds. The Balaban J connectivity index is 1.56. The summed E-state index contributed by atoms with van der Waals surface area (Å²) in [6.07, 6.45) is 3.03. The zero-order chi connectivity index (χ0) is 31.1. The van der Waals surface area contributed by atoms with Gasteiger partial charge in [0.25, 0.3) is 5.91 Å². The normalized spacial score (nSPS) is 17.1. The van der Waals surface area contributed by atoms with Crippen molar-refractivity contribution in [3.05, 3.63) is 111 Å². The standard InChI is InChI=1S/C33H31ClF4N2O3/c1-3-40(4-2)11-12-43-31-10-7-22(19-26(31)34)33(42)39-25-17-23(13-20-5-8-27(35)29(37)15-20)32(41)24(18-25)14-21-6-9-28(36)30(38)16-21/h5-10,13-16,19,25H,3-4,11-12,17-18H2,1-2H3,(H,39,42)/b23-13+,24-14+. The van der Waals surface area contributed by atoms with Gasteiger partial charge in [0.2, 0.25) is 0 Å². The van der Waals surface area contributed by atoms with Crippen molar-refractivity contribution in [1.82, 2.24) is 10.2 Å². The van der Waals surface area contributed by atoms with Crippen LogP contribution >= 0.6 is 11.6 Å². The Bertz CT molecular complexity index is 1500. The summed E-state index contributed by atoms with van der Waals surface area (Å²) in [4.78, 5) is 28.8. The fourth-order valence-electron chi connectivity index (χ4n) is 4.80. The summed E-state index contributed by atoms with van der Waals surface area (Å²) in [6.45, 7) is 7.09. The lowest BCUT2D eigenvalue weighted by Crippen LogP contribution is -2.39. The molecule has 43 heavy (non-hydrogen) atoms. The summed E-state index contributed by atoms with van der Waals surface area (Å²) in [6, 6.07) is 10.6. The van der Waals surface area contributed by atoms with E-state index in [2.05, 4.69) is 24.1 Å². The Labute approximate surface area is 252 Å². The number of ether oxygens (including phenoxy) is 1. The predicted molar refractivity (Wildman–Crippen MR) is 159 cm³/mol. The van der Waals surface area contributed by atoms with Crippen LogP contribution in [-0.4, -0.2) is 48.9 Å². The van der Waals surface area contributed by atoms with Crippen molar-refractivity contribution in [2.75, 3.05) is 26.2 Å². The number of ketones is 1. The fraction of sp³-hybridized carbons (Fsp3) is 0.273. The first-order valence-corrected chi connectivity index (χ1v) is 14.3. The van der Waals surface area contributed by atoms with E-state index in [1.165, 1.54) is 30.4 Å². The third-order valence-corrected chi connectivity index (χ3v) is 7.47. The van der Waals surface area contributed by atoms with Crippen LogP contribution < -0.4 is 10.1 Å². The number of carbonyl (C=O) groups excluding carboxylic acids is 2. The molecule has 0 saturated heterocycles. The molecule has 3 aromatic rings. The largest absolute Gasteiger partial charge is 0.491 e. The maximum absolute atomic E-state index is 13.9. The van der Waals surface area contributed by atoms with Gasteiger partial charge in [0.15, 0.2) is 29.1 Å². The van der Waals surface area contributed by atoms with Crippen molar-refractivity contribution in [2.45, 2.75) is 32.7 Å². The van der Waals surface area contributed by atoms with Gasteiger partial charge in [-0.05, 0) is 91.7 Å². The van der Waals surface area contributed by atoms with Gasteiger partial charge in [0, 0.05) is 29.3 Å². The summed E-state index contributed by atoms with van der Waals surface area (Å²) in [5, 5.41) is 3.17. The maximum atomic E-state index is 13.9. The SMILES string of the molecule is CCN(CC)CCOc1ccc(C(=O)NC2C/C(=C\c3ccc(F)c(F)c3)C(=O)/C(=C/c3ccc(F)c(F)c3)C2)cc1Cl. The quantitative estimate of drug-likeness (QED) is 0.193. The number of Topliss-reactive ketones (excluding diaryl/α,β-unsaturated/α-hetero) is 1. The van der Waals surface area contributed by atoms with Gasteiger partial charge >= 0.3 is 0 Å². The van der Waals surface area contributed by atoms with E-state index >= 15 is 0 Å². The second-order valence-corrected chi connectivity index (χ2v) is 10.5. The van der Waals surface area contributed by atoms with Gasteiger partial charge in [-0.25, -0.2) is 17.6 Å². The third-order valence-electron chi connectivity index (χ3n) is 7.17. The van der Waals surface area contributed by atoms with Gasteiger partial charge in [-0.1, -0.05) is 37.6 Å². The minimum atomic E-state index is -1.07. The zero-order valence-corrected chi connectivity index (χ0v) is 24.5. The average molecular weight is 615 g/mol. The summed E-state index contributed by atoms with van der Waals surface area (Å²) >= 11 is 6.40. The first kappa shape index (κ1) is 32.0. The predicted octanol–water partition coefficient (Wildman–Crippen LogP) is 7.25. The number of nitrogens with one attached hydrogen (secondary N) is 1. The zero-order valence-electron chi connectivity index (χ0n) is 23.7. The van der Waals surface area contributed by atoms with Crippen molar-refractivity contribution in [3.63, 3.8) is 0 Å². The first-order valence-electron chi connectivity index (χ1n) is 13.9. The van der Waals surface area contributed by atoms with Gasteiger partial charge in [-0.2, -0.15) is 0 Å². The molecule has 10 heteroatoms. The molecule has 1 aliphatic rings. The molecule has 0 unspecified atom stereocenters. The van der Waals surface area contributed by atoms with E-state index in [0.717, 1.165) is 43.9 Å². The fourth-order valence-corrected chi connectivity index (χ4v) is 5.04. The van der Waals surface area contributed by atoms with Crippen LogP contribution in [0.15, 0.2) is 65.7 Å². The van der Waals surface area contributed by atoms with E-state index in [0.29, 0.717) is 12.4 Å². The molecule has 3 aromatic carbocycles. The molecule has 0 radical (unpaired) electrons. The van der Waals surface area contributed by atoms with Crippen LogP contribution in [-0.2, 0) is 4.79 Å². The van der Waals surface area contributed by atoms with Gasteiger partial charge < -0.3 is 15.0 Å². The number of hydrogen-bond acceptors (Lipinski definition) is 4. The van der Waals surface area contributed by atoms with E-state index in [9.17, 15) is 27.2 Å². The Hall–Kier alpha value is -3.95. The number of benzene rings is 3. The van der Waals surface area contributed by atoms with E-state index in [4.69, 9.17) is 16.3 Å². The van der Waals surface area contributed by atoms with Gasteiger partial charge in [-0.15, -0.1) is 0 Å². The number of hydrogen-bond donors (Lipinski definition) is 1. The van der Waals surface area contributed by atoms with Crippen LogP contribution in [0.2, 0.25) is 5.02 Å². The summed E-state index contributed by atoms with van der Waals surface area (Å²) in [5.74, 6) is -4.61. The third kappa shape index (κ3) is 8.33. The lowest BCUT2D eigenvalue weighted by atomic mass is 9.83. The van der Waals surface area contributed by atoms with Crippen molar-refractivity contribution < 1.29 is 31.9 Å². The van der Waals surface area contributed by atoms with Crippen molar-refractivity contribution >= 4 is 35.4 Å². The smallest absolute Gasteiger partial charge is 0.251 e. The molecule has 0 bridgehead atoms. The van der Waals surface area contributed by atoms with Gasteiger partial charge in [0.1, 0.15) is 12.4 Å². The minimum absolute atomic E-state index is 0.0962. The Morgan fingerprint density at radius 2 is 1.44 bits per heavy atom. The molecule has 0 aliphatic heterocycles. The molecule has 226 valence electrons. The average Bonchev–Trinajstić information content (AvgIpc) is 2.98. The van der Waals surface area contributed by atoms with Crippen molar-refractivity contribution in [3.8, 4) is 5.75 Å². The van der Waals surface area contributed by atoms with Crippen molar-refractivity contribution in [2.24, 2.45) is 0 Å². The highest BCUT2D eigenvalue weighted by atomic mass is 35.5. The summed E-state index contributed by atoms with van der Waals surface area (Å²) < 4.78 is 60.4.